The summed E-state index contributed by atoms with van der Waals surface area (Å²) in [6.07, 6.45) is 3.17. The second-order valence-electron chi connectivity index (χ2n) is 7.94. The first-order valence-corrected chi connectivity index (χ1v) is 10.7. The topological polar surface area (TPSA) is 108 Å². The highest BCUT2D eigenvalue weighted by Crippen LogP contribution is 2.23. The van der Waals surface area contributed by atoms with Crippen LogP contribution >= 0.6 is 0 Å². The number of carboxylic acid groups (broad SMARTS) is 1. The molecule has 0 spiro atoms. The van der Waals surface area contributed by atoms with Crippen LogP contribution < -0.4 is 15.6 Å². The molecule has 166 valence electrons. The first-order valence-electron chi connectivity index (χ1n) is 10.7. The molecule has 2 heterocycles. The van der Waals surface area contributed by atoms with Gasteiger partial charge in [0.1, 0.15) is 17.1 Å². The van der Waals surface area contributed by atoms with E-state index < -0.39 is 11.5 Å². The van der Waals surface area contributed by atoms with Crippen molar-refractivity contribution in [1.82, 2.24) is 14.9 Å². The lowest BCUT2D eigenvalue weighted by atomic mass is 9.96. The van der Waals surface area contributed by atoms with Gasteiger partial charge in [-0.3, -0.25) is 14.7 Å². The summed E-state index contributed by atoms with van der Waals surface area (Å²) in [7, 11) is 0. The number of likely N-dealkylation sites (tertiary alicyclic amines) is 1. The summed E-state index contributed by atoms with van der Waals surface area (Å²) in [6.45, 7) is 3.58. The highest BCUT2D eigenvalue weighted by Gasteiger charge is 2.19. The smallest absolute Gasteiger partial charge is 0.342 e. The molecule has 8 nitrogen and oxygen atoms in total. The van der Waals surface area contributed by atoms with Crippen LogP contribution in [-0.2, 0) is 6.54 Å². The average molecular weight is 434 g/mol. The van der Waals surface area contributed by atoms with Crippen molar-refractivity contribution < 1.29 is 14.6 Å². The molecule has 32 heavy (non-hydrogen) atoms. The van der Waals surface area contributed by atoms with Crippen LogP contribution in [-0.4, -0.2) is 45.6 Å². The van der Waals surface area contributed by atoms with Gasteiger partial charge in [0, 0.05) is 13.1 Å². The van der Waals surface area contributed by atoms with E-state index in [0.29, 0.717) is 18.4 Å². The number of aromatic amines is 1. The minimum atomic E-state index is -1.28. The molecule has 8 heteroatoms. The molecule has 0 unspecified atom stereocenters. The van der Waals surface area contributed by atoms with Gasteiger partial charge in [0.2, 0.25) is 5.95 Å². The quantitative estimate of drug-likeness (QED) is 0.497. The molecular formula is C24H26N4O4. The van der Waals surface area contributed by atoms with Crippen LogP contribution in [0.3, 0.4) is 0 Å². The minimum absolute atomic E-state index is 0.306. The summed E-state index contributed by atoms with van der Waals surface area (Å²) < 4.78 is 5.85. The number of rotatable bonds is 8. The maximum absolute atomic E-state index is 11.7. The van der Waals surface area contributed by atoms with Gasteiger partial charge in [-0.2, -0.15) is 0 Å². The number of nitrogens with zero attached hydrogens (tertiary/aromatic N) is 2. The van der Waals surface area contributed by atoms with Crippen molar-refractivity contribution in [3.05, 3.63) is 82.3 Å². The van der Waals surface area contributed by atoms with Crippen LogP contribution in [0.2, 0.25) is 0 Å². The fourth-order valence-corrected chi connectivity index (χ4v) is 3.77. The predicted molar refractivity (Wildman–Crippen MR) is 121 cm³/mol. The highest BCUT2D eigenvalue weighted by atomic mass is 16.5. The number of H-pyrrole nitrogens is 1. The number of piperidine rings is 1. The molecule has 4 rings (SSSR count). The van der Waals surface area contributed by atoms with Crippen LogP contribution in [0.1, 0.15) is 28.8 Å². The molecule has 1 fully saturated rings. The Kier molecular flexibility index (Phi) is 6.81. The molecule has 1 aromatic heterocycles. The lowest BCUT2D eigenvalue weighted by molar-refractivity contribution is 0.0694. The third-order valence-electron chi connectivity index (χ3n) is 5.60. The molecule has 0 bridgehead atoms. The Balaban J connectivity index is 1.21. The first-order chi connectivity index (χ1) is 15.6. The molecule has 3 N–H and O–H groups in total. The molecule has 1 aliphatic heterocycles. The van der Waals surface area contributed by atoms with Gasteiger partial charge in [0.15, 0.2) is 0 Å². The Morgan fingerprint density at radius 3 is 2.44 bits per heavy atom. The molecule has 1 saturated heterocycles. The van der Waals surface area contributed by atoms with E-state index in [0.717, 1.165) is 50.2 Å². The minimum Gasteiger partial charge on any atom is -0.477 e. The molecule has 2 aromatic carbocycles. The number of para-hydroxylation sites is 1. The van der Waals surface area contributed by atoms with E-state index in [9.17, 15) is 9.59 Å². The molecular weight excluding hydrogens is 408 g/mol. The van der Waals surface area contributed by atoms with Crippen LogP contribution in [0.15, 0.2) is 65.6 Å². The number of carboxylic acids is 1. The van der Waals surface area contributed by atoms with Crippen molar-refractivity contribution in [1.29, 1.82) is 0 Å². The molecule has 3 aromatic rings. The SMILES string of the molecule is O=C(O)c1cnc(NCC2CCN(Cc3ccc(Oc4ccccc4)cc3)CC2)[nH]c1=O. The average Bonchev–Trinajstić information content (AvgIpc) is 2.80. The van der Waals surface area contributed by atoms with Crippen molar-refractivity contribution in [2.75, 3.05) is 25.0 Å². The maximum Gasteiger partial charge on any atom is 0.342 e. The maximum atomic E-state index is 11.7. The lowest BCUT2D eigenvalue weighted by Gasteiger charge is -2.32. The Labute approximate surface area is 185 Å². The number of anilines is 1. The van der Waals surface area contributed by atoms with Gasteiger partial charge in [-0.1, -0.05) is 30.3 Å². The van der Waals surface area contributed by atoms with E-state index in [-0.39, 0.29) is 5.56 Å². The van der Waals surface area contributed by atoms with Gasteiger partial charge in [0.05, 0.1) is 6.20 Å². The second kappa shape index (κ2) is 10.1. The van der Waals surface area contributed by atoms with E-state index in [4.69, 9.17) is 9.84 Å². The summed E-state index contributed by atoms with van der Waals surface area (Å²) >= 11 is 0. The number of hydrogen-bond acceptors (Lipinski definition) is 6. The van der Waals surface area contributed by atoms with Crippen molar-refractivity contribution >= 4 is 11.9 Å². The van der Waals surface area contributed by atoms with Crippen molar-refractivity contribution in [3.63, 3.8) is 0 Å². The Morgan fingerprint density at radius 2 is 1.78 bits per heavy atom. The second-order valence-corrected chi connectivity index (χ2v) is 7.94. The molecule has 0 amide bonds. The van der Waals surface area contributed by atoms with Crippen LogP contribution in [0.5, 0.6) is 11.5 Å². The normalized spacial score (nSPS) is 14.8. The summed E-state index contributed by atoms with van der Waals surface area (Å²) in [5.74, 6) is 1.15. The van der Waals surface area contributed by atoms with Crippen LogP contribution in [0.4, 0.5) is 5.95 Å². The molecule has 0 atom stereocenters. The van der Waals surface area contributed by atoms with E-state index in [1.807, 2.05) is 42.5 Å². The molecule has 0 radical (unpaired) electrons. The zero-order valence-electron chi connectivity index (χ0n) is 17.7. The Hall–Kier alpha value is -3.65. The van der Waals surface area contributed by atoms with Gasteiger partial charge in [-0.05, 0) is 61.7 Å². The largest absolute Gasteiger partial charge is 0.477 e. The summed E-state index contributed by atoms with van der Waals surface area (Å²) in [5.41, 5.74) is 0.246. The number of aromatic nitrogens is 2. The fraction of sp³-hybridized carbons (Fsp3) is 0.292. The first kappa shape index (κ1) is 21.6. The van der Waals surface area contributed by atoms with Gasteiger partial charge in [-0.15, -0.1) is 0 Å². The number of ether oxygens (including phenoxy) is 1. The van der Waals surface area contributed by atoms with Gasteiger partial charge >= 0.3 is 5.97 Å². The lowest BCUT2D eigenvalue weighted by Crippen LogP contribution is -2.35. The highest BCUT2D eigenvalue weighted by molar-refractivity contribution is 5.86. The summed E-state index contributed by atoms with van der Waals surface area (Å²) in [4.78, 5) is 31.5. The third kappa shape index (κ3) is 5.73. The predicted octanol–water partition coefficient (Wildman–Crippen LogP) is 3.58. The van der Waals surface area contributed by atoms with Crippen LogP contribution in [0, 0.1) is 5.92 Å². The Bertz CT molecular complexity index is 1090. The van der Waals surface area contributed by atoms with Gasteiger partial charge in [-0.25, -0.2) is 9.78 Å². The standard InChI is InChI=1S/C24H26N4O4/c29-22-21(23(30)31)15-26-24(27-22)25-14-17-10-12-28(13-11-17)16-18-6-8-20(9-7-18)32-19-4-2-1-3-5-19/h1-9,15,17H,10-14,16H2,(H,30,31)(H2,25,26,27,29). The van der Waals surface area contributed by atoms with Crippen LogP contribution in [0.25, 0.3) is 0 Å². The number of hydrogen-bond donors (Lipinski definition) is 3. The summed E-state index contributed by atoms with van der Waals surface area (Å²) in [5, 5.41) is 12.0. The zero-order chi connectivity index (χ0) is 22.3. The monoisotopic (exact) mass is 434 g/mol. The third-order valence-corrected chi connectivity index (χ3v) is 5.60. The van der Waals surface area contributed by atoms with Crippen molar-refractivity contribution in [2.24, 2.45) is 5.92 Å². The van der Waals surface area contributed by atoms with Crippen molar-refractivity contribution in [2.45, 2.75) is 19.4 Å². The fourth-order valence-electron chi connectivity index (χ4n) is 3.77. The molecule has 0 saturated carbocycles. The van der Waals surface area contributed by atoms with Gasteiger partial charge < -0.3 is 15.2 Å². The molecule has 1 aliphatic rings. The van der Waals surface area contributed by atoms with Crippen molar-refractivity contribution in [3.8, 4) is 11.5 Å². The zero-order valence-corrected chi connectivity index (χ0v) is 17.7. The van der Waals surface area contributed by atoms with Gasteiger partial charge in [0.25, 0.3) is 5.56 Å². The Morgan fingerprint density at radius 1 is 1.09 bits per heavy atom. The van der Waals surface area contributed by atoms with E-state index in [1.54, 1.807) is 0 Å². The number of carbonyl (C=O) groups is 1. The molecule has 0 aliphatic carbocycles. The number of nitrogens with one attached hydrogen (secondary N) is 2. The van der Waals surface area contributed by atoms with E-state index in [2.05, 4.69) is 32.3 Å². The van der Waals surface area contributed by atoms with E-state index in [1.165, 1.54) is 5.56 Å². The number of aromatic carboxylic acids is 1. The summed E-state index contributed by atoms with van der Waals surface area (Å²) in [6, 6.07) is 18.0. The number of benzene rings is 2. The van der Waals surface area contributed by atoms with E-state index >= 15 is 0 Å².